The van der Waals surface area contributed by atoms with Crippen molar-refractivity contribution in [1.82, 2.24) is 4.98 Å². The molecule has 2 rings (SSSR count). The zero-order chi connectivity index (χ0) is 20.9. The van der Waals surface area contributed by atoms with Crippen LogP contribution in [0.4, 0.5) is 13.2 Å². The Labute approximate surface area is 165 Å². The first-order chi connectivity index (χ1) is 13.2. The number of carboxylic acids is 1. The largest absolute Gasteiger partial charge is 0.481 e. The molecule has 152 valence electrons. The maximum Gasteiger partial charge on any atom is 0.416 e. The molecule has 0 spiro atoms. The lowest BCUT2D eigenvalue weighted by molar-refractivity contribution is -0.146. The number of aliphatic carboxylic acids is 1. The number of ketones is 1. The third-order valence-corrected chi connectivity index (χ3v) is 5.71. The Morgan fingerprint density at radius 2 is 1.75 bits per heavy atom. The maximum atomic E-state index is 12.6. The van der Waals surface area contributed by atoms with Crippen LogP contribution in [0.15, 0.2) is 29.6 Å². The van der Waals surface area contributed by atoms with Crippen molar-refractivity contribution in [3.63, 3.8) is 0 Å². The molecule has 2 aromatic rings. The van der Waals surface area contributed by atoms with Gasteiger partial charge in [0.25, 0.3) is 0 Å². The second-order valence-electron chi connectivity index (χ2n) is 6.66. The fourth-order valence-corrected chi connectivity index (χ4v) is 3.98. The number of alkyl halides is 3. The predicted octanol–water partition coefficient (Wildman–Crippen LogP) is 5.47. The van der Waals surface area contributed by atoms with Gasteiger partial charge < -0.3 is 5.11 Å². The van der Waals surface area contributed by atoms with Crippen molar-refractivity contribution in [3.8, 4) is 10.6 Å². The molecule has 0 aliphatic rings. The van der Waals surface area contributed by atoms with Gasteiger partial charge >= 0.3 is 12.1 Å². The Bertz CT molecular complexity index is 811. The topological polar surface area (TPSA) is 67.3 Å². The standard InChI is InChI=1S/C20H22F3NO3S/c1-3-12(4-2)17(19(26)27)10-16(25)9-15-11-28-18(24-15)13-5-7-14(8-6-13)20(21,22)23/h5-8,11-12,17H,3-4,9-10H2,1-2H3,(H,26,27). The summed E-state index contributed by atoms with van der Waals surface area (Å²) in [6.07, 6.45) is -3.05. The molecule has 1 N–H and O–H groups in total. The van der Waals surface area contributed by atoms with Gasteiger partial charge in [-0.2, -0.15) is 13.2 Å². The molecule has 0 aliphatic heterocycles. The molecule has 1 aromatic carbocycles. The van der Waals surface area contributed by atoms with Crippen LogP contribution in [0.2, 0.25) is 0 Å². The summed E-state index contributed by atoms with van der Waals surface area (Å²) in [6.45, 7) is 3.82. The van der Waals surface area contributed by atoms with Crippen LogP contribution in [0.25, 0.3) is 10.6 Å². The first-order valence-corrected chi connectivity index (χ1v) is 9.90. The predicted molar refractivity (Wildman–Crippen MR) is 101 cm³/mol. The van der Waals surface area contributed by atoms with Gasteiger partial charge in [-0.15, -0.1) is 11.3 Å². The van der Waals surface area contributed by atoms with Crippen molar-refractivity contribution in [2.75, 3.05) is 0 Å². The molecule has 1 heterocycles. The highest BCUT2D eigenvalue weighted by Gasteiger charge is 2.30. The molecular formula is C20H22F3NO3S. The molecule has 4 nitrogen and oxygen atoms in total. The molecule has 0 fully saturated rings. The summed E-state index contributed by atoms with van der Waals surface area (Å²) in [5.41, 5.74) is 0.306. The van der Waals surface area contributed by atoms with Crippen molar-refractivity contribution in [2.45, 2.75) is 45.7 Å². The Hall–Kier alpha value is -2.22. The number of halogens is 3. The number of nitrogens with zero attached hydrogens (tertiary/aromatic N) is 1. The summed E-state index contributed by atoms with van der Waals surface area (Å²) in [6, 6.07) is 4.69. The molecule has 0 radical (unpaired) electrons. The summed E-state index contributed by atoms with van der Waals surface area (Å²) >= 11 is 1.24. The zero-order valence-corrected chi connectivity index (χ0v) is 16.4. The van der Waals surface area contributed by atoms with Crippen molar-refractivity contribution in [3.05, 3.63) is 40.9 Å². The summed E-state index contributed by atoms with van der Waals surface area (Å²) in [5, 5.41) is 11.6. The van der Waals surface area contributed by atoms with Gasteiger partial charge in [-0.25, -0.2) is 4.98 Å². The smallest absolute Gasteiger partial charge is 0.416 e. The monoisotopic (exact) mass is 413 g/mol. The number of carbonyl (C=O) groups excluding carboxylic acids is 1. The first kappa shape index (κ1) is 22.1. The van der Waals surface area contributed by atoms with Gasteiger partial charge in [-0.1, -0.05) is 38.8 Å². The Balaban J connectivity index is 2.05. The number of thiazole rings is 1. The van der Waals surface area contributed by atoms with Crippen LogP contribution in [0.5, 0.6) is 0 Å². The van der Waals surface area contributed by atoms with Crippen LogP contribution in [0, 0.1) is 11.8 Å². The fourth-order valence-electron chi connectivity index (χ4n) is 3.16. The number of benzene rings is 1. The highest BCUT2D eigenvalue weighted by Crippen LogP contribution is 2.32. The van der Waals surface area contributed by atoms with Crippen LogP contribution in [0.1, 0.15) is 44.4 Å². The van der Waals surface area contributed by atoms with E-state index in [1.807, 2.05) is 13.8 Å². The number of Topliss-reactive ketones (excluding diaryl/α,β-unsaturated/α-hetero) is 1. The summed E-state index contributed by atoms with van der Waals surface area (Å²) in [5.74, 6) is -1.94. The third-order valence-electron chi connectivity index (χ3n) is 4.77. The van der Waals surface area contributed by atoms with Crippen molar-refractivity contribution in [2.24, 2.45) is 11.8 Å². The normalized spacial score (nSPS) is 12.9. The molecule has 0 saturated heterocycles. The van der Waals surface area contributed by atoms with E-state index in [4.69, 9.17) is 0 Å². The minimum absolute atomic E-state index is 0.0149. The molecule has 0 amide bonds. The Kier molecular flexibility index (Phi) is 7.35. The third kappa shape index (κ3) is 5.64. The minimum Gasteiger partial charge on any atom is -0.481 e. The number of hydrogen-bond donors (Lipinski definition) is 1. The SMILES string of the molecule is CCC(CC)C(CC(=O)Cc1csc(-c2ccc(C(F)(F)F)cc2)n1)C(=O)O. The number of carboxylic acid groups (broad SMARTS) is 1. The number of rotatable bonds is 9. The average Bonchev–Trinajstić information content (AvgIpc) is 3.09. The van der Waals surface area contributed by atoms with Gasteiger partial charge in [0, 0.05) is 23.8 Å². The first-order valence-electron chi connectivity index (χ1n) is 9.02. The minimum atomic E-state index is -4.39. The van der Waals surface area contributed by atoms with E-state index in [-0.39, 0.29) is 24.5 Å². The maximum absolute atomic E-state index is 12.6. The number of carbonyl (C=O) groups is 2. The highest BCUT2D eigenvalue weighted by atomic mass is 32.1. The van der Waals surface area contributed by atoms with E-state index in [0.29, 0.717) is 29.1 Å². The molecule has 0 bridgehead atoms. The molecule has 0 aliphatic carbocycles. The van der Waals surface area contributed by atoms with Crippen LogP contribution in [-0.2, 0) is 22.2 Å². The zero-order valence-electron chi connectivity index (χ0n) is 15.6. The molecule has 1 unspecified atom stereocenters. The Morgan fingerprint density at radius 1 is 1.14 bits per heavy atom. The Morgan fingerprint density at radius 3 is 2.25 bits per heavy atom. The summed E-state index contributed by atoms with van der Waals surface area (Å²) < 4.78 is 37.9. The lowest BCUT2D eigenvalue weighted by Gasteiger charge is -2.20. The highest BCUT2D eigenvalue weighted by molar-refractivity contribution is 7.13. The molecular weight excluding hydrogens is 391 g/mol. The van der Waals surface area contributed by atoms with Gasteiger partial charge in [0.1, 0.15) is 10.8 Å². The van der Waals surface area contributed by atoms with Gasteiger partial charge in [0.2, 0.25) is 0 Å². The molecule has 28 heavy (non-hydrogen) atoms. The van der Waals surface area contributed by atoms with E-state index in [1.165, 1.54) is 23.5 Å². The molecule has 1 aromatic heterocycles. The van der Waals surface area contributed by atoms with E-state index in [0.717, 1.165) is 12.1 Å². The van der Waals surface area contributed by atoms with Crippen LogP contribution in [0.3, 0.4) is 0 Å². The summed E-state index contributed by atoms with van der Waals surface area (Å²) in [7, 11) is 0. The van der Waals surface area contributed by atoms with Gasteiger partial charge in [0.05, 0.1) is 17.2 Å². The quantitative estimate of drug-likeness (QED) is 0.592. The molecule has 8 heteroatoms. The van der Waals surface area contributed by atoms with Gasteiger partial charge in [0.15, 0.2) is 0 Å². The van der Waals surface area contributed by atoms with Crippen molar-refractivity contribution in [1.29, 1.82) is 0 Å². The van der Waals surface area contributed by atoms with E-state index in [1.54, 1.807) is 5.38 Å². The van der Waals surface area contributed by atoms with E-state index >= 15 is 0 Å². The van der Waals surface area contributed by atoms with E-state index < -0.39 is 23.6 Å². The van der Waals surface area contributed by atoms with Crippen molar-refractivity contribution >= 4 is 23.1 Å². The van der Waals surface area contributed by atoms with Crippen molar-refractivity contribution < 1.29 is 27.9 Å². The second-order valence-corrected chi connectivity index (χ2v) is 7.52. The molecule has 0 saturated carbocycles. The van der Waals surface area contributed by atoms with E-state index in [9.17, 15) is 27.9 Å². The average molecular weight is 413 g/mol. The second kappa shape index (κ2) is 9.32. The lowest BCUT2D eigenvalue weighted by atomic mass is 9.84. The lowest BCUT2D eigenvalue weighted by Crippen LogP contribution is -2.26. The molecule has 1 atom stereocenters. The van der Waals surface area contributed by atoms with Crippen LogP contribution >= 0.6 is 11.3 Å². The number of aromatic nitrogens is 1. The van der Waals surface area contributed by atoms with Gasteiger partial charge in [-0.3, -0.25) is 9.59 Å². The summed E-state index contributed by atoms with van der Waals surface area (Å²) in [4.78, 5) is 28.1. The van der Waals surface area contributed by atoms with Crippen LogP contribution in [-0.4, -0.2) is 21.8 Å². The van der Waals surface area contributed by atoms with Gasteiger partial charge in [-0.05, 0) is 18.1 Å². The van der Waals surface area contributed by atoms with Crippen LogP contribution < -0.4 is 0 Å². The fraction of sp³-hybridized carbons (Fsp3) is 0.450. The number of hydrogen-bond acceptors (Lipinski definition) is 4. The van der Waals surface area contributed by atoms with E-state index in [2.05, 4.69) is 4.98 Å².